The number of aromatic nitrogens is 2. The van der Waals surface area contributed by atoms with E-state index >= 15 is 0 Å². The van der Waals surface area contributed by atoms with Crippen LogP contribution in [0.2, 0.25) is 12.6 Å². The first-order valence-electron chi connectivity index (χ1n) is 8.53. The molecule has 7 heteroatoms. The van der Waals surface area contributed by atoms with E-state index in [1.807, 2.05) is 13.8 Å². The highest BCUT2D eigenvalue weighted by atomic mass is 28.4. The first-order chi connectivity index (χ1) is 10.8. The topological polar surface area (TPSA) is 84.5 Å². The van der Waals surface area contributed by atoms with Crippen molar-refractivity contribution in [3.05, 3.63) is 33.1 Å². The third-order valence-corrected chi connectivity index (χ3v) is 5.49. The summed E-state index contributed by atoms with van der Waals surface area (Å²) in [4.78, 5) is 42.9. The molecule has 1 aromatic heterocycles. The number of nitrogens with zero attached hydrogens (tertiary/aromatic N) is 2. The molecule has 0 saturated heterocycles. The maximum Gasteiger partial charge on any atom is 0.331 e. The van der Waals surface area contributed by atoms with Gasteiger partial charge >= 0.3 is 14.3 Å². The van der Waals surface area contributed by atoms with E-state index in [9.17, 15) is 19.2 Å². The normalized spacial score (nSPS) is 13.3. The van der Waals surface area contributed by atoms with E-state index in [0.717, 1.165) is 38.5 Å². The molecule has 6 nitrogen and oxygen atoms in total. The summed E-state index contributed by atoms with van der Waals surface area (Å²) in [6.07, 6.45) is 6.89. The lowest BCUT2D eigenvalue weighted by molar-refractivity contribution is 0.365. The minimum atomic E-state index is -2.90. The maximum absolute atomic E-state index is 12.3. The van der Waals surface area contributed by atoms with Crippen molar-refractivity contribution in [2.24, 2.45) is 0 Å². The third-order valence-electron chi connectivity index (χ3n) is 4.19. The Morgan fingerprint density at radius 2 is 1.74 bits per heavy atom. The van der Waals surface area contributed by atoms with Crippen molar-refractivity contribution >= 4 is 8.56 Å². The lowest BCUT2D eigenvalue weighted by Crippen LogP contribution is -2.39. The second kappa shape index (κ2) is 9.20. The Kier molecular flexibility index (Phi) is 7.94. The molecule has 1 atom stereocenters. The van der Waals surface area contributed by atoms with Crippen molar-refractivity contribution in [3.8, 4) is 0 Å². The molecule has 2 N–H and O–H groups in total. The Morgan fingerprint density at radius 3 is 2.35 bits per heavy atom. The van der Waals surface area contributed by atoms with Crippen LogP contribution in [0.15, 0.2) is 21.9 Å². The van der Waals surface area contributed by atoms with Gasteiger partial charge in [-0.05, 0) is 32.4 Å². The molecule has 0 bridgehead atoms. The van der Waals surface area contributed by atoms with Gasteiger partial charge in [-0.25, -0.2) is 4.79 Å². The number of hydrogen-bond acceptors (Lipinski definition) is 4. The number of rotatable bonds is 10. The van der Waals surface area contributed by atoms with Crippen molar-refractivity contribution < 1.29 is 9.59 Å². The molecular formula is C16H30N2O4Si. The summed E-state index contributed by atoms with van der Waals surface area (Å²) in [5, 5.41) is 0. The summed E-state index contributed by atoms with van der Waals surface area (Å²) in [5.74, 6) is 0. The largest absolute Gasteiger partial charge is 0.411 e. The van der Waals surface area contributed by atoms with Crippen LogP contribution in [-0.4, -0.2) is 27.3 Å². The third kappa shape index (κ3) is 6.84. The molecule has 1 unspecified atom stereocenters. The van der Waals surface area contributed by atoms with E-state index < -0.39 is 8.56 Å². The van der Waals surface area contributed by atoms with Gasteiger partial charge < -0.3 is 9.59 Å². The predicted octanol–water partition coefficient (Wildman–Crippen LogP) is 1.99. The van der Waals surface area contributed by atoms with Crippen LogP contribution in [0, 0.1) is 0 Å². The van der Waals surface area contributed by atoms with Gasteiger partial charge in [0.25, 0.3) is 5.56 Å². The summed E-state index contributed by atoms with van der Waals surface area (Å²) < 4.78 is 2.94. The van der Waals surface area contributed by atoms with Crippen molar-refractivity contribution in [2.45, 2.75) is 77.6 Å². The standard InChI is InChI=1S/C16H30N2O4Si/c1-4-14(2)17-12-10-15(19)18(16(17)20)11-8-6-5-7-9-13-23(3,21)22/h10,12,14,21-22H,4-9,11,13H2,1-3H3. The fourth-order valence-electron chi connectivity index (χ4n) is 2.53. The van der Waals surface area contributed by atoms with Crippen molar-refractivity contribution in [1.29, 1.82) is 0 Å². The van der Waals surface area contributed by atoms with Gasteiger partial charge in [-0.1, -0.05) is 32.6 Å². The zero-order valence-electron chi connectivity index (χ0n) is 14.5. The highest BCUT2D eigenvalue weighted by Gasteiger charge is 2.19. The summed E-state index contributed by atoms with van der Waals surface area (Å²) in [6, 6.07) is 2.05. The van der Waals surface area contributed by atoms with Gasteiger partial charge in [0.15, 0.2) is 0 Å². The first-order valence-corrected chi connectivity index (χ1v) is 11.1. The van der Waals surface area contributed by atoms with E-state index in [0.29, 0.717) is 12.6 Å². The molecule has 0 saturated carbocycles. The average molecular weight is 343 g/mol. The molecule has 0 amide bonds. The Morgan fingerprint density at radius 1 is 1.13 bits per heavy atom. The fraction of sp³-hybridized carbons (Fsp3) is 0.750. The van der Waals surface area contributed by atoms with Gasteiger partial charge in [0.2, 0.25) is 0 Å². The van der Waals surface area contributed by atoms with Crippen LogP contribution < -0.4 is 11.2 Å². The van der Waals surface area contributed by atoms with Crippen LogP contribution in [0.3, 0.4) is 0 Å². The predicted molar refractivity (Wildman–Crippen MR) is 93.9 cm³/mol. The van der Waals surface area contributed by atoms with Gasteiger partial charge in [-0.3, -0.25) is 13.9 Å². The molecule has 0 radical (unpaired) electrons. The Balaban J connectivity index is 2.46. The molecule has 1 aromatic rings. The summed E-state index contributed by atoms with van der Waals surface area (Å²) >= 11 is 0. The molecule has 0 aliphatic rings. The van der Waals surface area contributed by atoms with Gasteiger partial charge in [0, 0.05) is 24.8 Å². The smallest absolute Gasteiger partial charge is 0.331 e. The summed E-state index contributed by atoms with van der Waals surface area (Å²) in [7, 11) is -2.90. The van der Waals surface area contributed by atoms with E-state index in [-0.39, 0.29) is 17.3 Å². The molecule has 0 aliphatic carbocycles. The summed E-state index contributed by atoms with van der Waals surface area (Å²) in [6.45, 7) is 5.95. The van der Waals surface area contributed by atoms with Crippen LogP contribution >= 0.6 is 0 Å². The highest BCUT2D eigenvalue weighted by molar-refractivity contribution is 6.63. The van der Waals surface area contributed by atoms with Gasteiger partial charge in [-0.15, -0.1) is 0 Å². The second-order valence-electron chi connectivity index (χ2n) is 6.49. The van der Waals surface area contributed by atoms with Gasteiger partial charge in [-0.2, -0.15) is 0 Å². The molecule has 0 spiro atoms. The van der Waals surface area contributed by atoms with E-state index in [2.05, 4.69) is 0 Å². The first kappa shape index (κ1) is 19.9. The molecule has 132 valence electrons. The van der Waals surface area contributed by atoms with E-state index in [1.165, 1.54) is 17.2 Å². The van der Waals surface area contributed by atoms with E-state index in [4.69, 9.17) is 0 Å². The Bertz CT molecular complexity index is 589. The Labute approximate surface area is 138 Å². The van der Waals surface area contributed by atoms with Crippen molar-refractivity contribution in [3.63, 3.8) is 0 Å². The van der Waals surface area contributed by atoms with Gasteiger partial charge in [0.1, 0.15) is 0 Å². The van der Waals surface area contributed by atoms with Crippen LogP contribution in [0.25, 0.3) is 0 Å². The minimum Gasteiger partial charge on any atom is -0.411 e. The molecule has 1 heterocycles. The zero-order chi connectivity index (χ0) is 17.5. The lowest BCUT2D eigenvalue weighted by atomic mass is 10.1. The fourth-order valence-corrected chi connectivity index (χ4v) is 3.45. The van der Waals surface area contributed by atoms with Crippen LogP contribution in [0.5, 0.6) is 0 Å². The second-order valence-corrected chi connectivity index (χ2v) is 9.42. The average Bonchev–Trinajstić information content (AvgIpc) is 2.47. The van der Waals surface area contributed by atoms with Crippen LogP contribution in [0.4, 0.5) is 0 Å². The maximum atomic E-state index is 12.3. The quantitative estimate of drug-likeness (QED) is 0.503. The number of hydrogen-bond donors (Lipinski definition) is 2. The summed E-state index contributed by atoms with van der Waals surface area (Å²) in [5.41, 5.74) is -0.467. The molecule has 0 aromatic carbocycles. The highest BCUT2D eigenvalue weighted by Crippen LogP contribution is 2.11. The molecule has 0 fully saturated rings. The molecule has 0 aliphatic heterocycles. The molecule has 1 rings (SSSR count). The van der Waals surface area contributed by atoms with Gasteiger partial charge in [0.05, 0.1) is 0 Å². The monoisotopic (exact) mass is 342 g/mol. The van der Waals surface area contributed by atoms with Crippen molar-refractivity contribution in [1.82, 2.24) is 9.13 Å². The van der Waals surface area contributed by atoms with Crippen LogP contribution in [-0.2, 0) is 6.54 Å². The number of unbranched alkanes of at least 4 members (excludes halogenated alkanes) is 4. The zero-order valence-corrected chi connectivity index (χ0v) is 15.5. The molecular weight excluding hydrogens is 312 g/mol. The minimum absolute atomic E-state index is 0.0878. The lowest BCUT2D eigenvalue weighted by Gasteiger charge is -2.14. The SMILES string of the molecule is CCC(C)n1ccc(=O)n(CCCCCCC[Si](C)(O)O)c1=O. The van der Waals surface area contributed by atoms with Crippen molar-refractivity contribution in [2.75, 3.05) is 0 Å². The van der Waals surface area contributed by atoms with Crippen LogP contribution in [0.1, 0.15) is 58.4 Å². The molecule has 23 heavy (non-hydrogen) atoms. The Hall–Kier alpha value is -1.18. The van der Waals surface area contributed by atoms with E-state index in [1.54, 1.807) is 10.8 Å².